The van der Waals surface area contributed by atoms with Crippen molar-refractivity contribution in [3.8, 4) is 6.07 Å². The molecule has 1 aliphatic heterocycles. The van der Waals surface area contributed by atoms with Gasteiger partial charge in [0.1, 0.15) is 18.1 Å². The first-order valence-corrected chi connectivity index (χ1v) is 3.69. The van der Waals surface area contributed by atoms with Crippen molar-refractivity contribution in [1.29, 1.82) is 5.26 Å². The highest BCUT2D eigenvalue weighted by atomic mass is 15.3. The molecule has 0 saturated heterocycles. The zero-order chi connectivity index (χ0) is 7.68. The number of aromatic nitrogens is 3. The van der Waals surface area contributed by atoms with Crippen LogP contribution < -0.4 is 0 Å². The maximum Gasteiger partial charge on any atom is 0.150 e. The summed E-state index contributed by atoms with van der Waals surface area (Å²) in [6.45, 7) is 0.959. The highest BCUT2D eigenvalue weighted by Crippen LogP contribution is 2.23. The van der Waals surface area contributed by atoms with E-state index in [0.29, 0.717) is 0 Å². The molecule has 0 saturated carbocycles. The Bertz CT molecular complexity index is 296. The molecule has 1 aromatic rings. The minimum absolute atomic E-state index is 0.0359. The van der Waals surface area contributed by atoms with Crippen molar-refractivity contribution in [3.05, 3.63) is 12.2 Å². The van der Waals surface area contributed by atoms with Crippen molar-refractivity contribution in [2.24, 2.45) is 0 Å². The average Bonchev–Trinajstić information content (AvgIpc) is 2.50. The smallest absolute Gasteiger partial charge is 0.150 e. The molecule has 2 heterocycles. The molecule has 0 radical (unpaired) electrons. The van der Waals surface area contributed by atoms with Gasteiger partial charge in [0.05, 0.1) is 6.07 Å². The highest BCUT2D eigenvalue weighted by Gasteiger charge is 2.21. The van der Waals surface area contributed by atoms with E-state index in [2.05, 4.69) is 16.3 Å². The van der Waals surface area contributed by atoms with Crippen LogP contribution in [0.4, 0.5) is 0 Å². The first kappa shape index (κ1) is 6.35. The zero-order valence-electron chi connectivity index (χ0n) is 6.06. The molecule has 0 amide bonds. The first-order valence-electron chi connectivity index (χ1n) is 3.69. The van der Waals surface area contributed by atoms with Gasteiger partial charge in [-0.2, -0.15) is 5.26 Å². The Morgan fingerprint density at radius 1 is 1.73 bits per heavy atom. The number of hydrogen-bond acceptors (Lipinski definition) is 3. The quantitative estimate of drug-likeness (QED) is 0.543. The zero-order valence-corrected chi connectivity index (χ0v) is 6.06. The molecule has 0 fully saturated rings. The molecule has 56 valence electrons. The second-order valence-corrected chi connectivity index (χ2v) is 2.71. The lowest BCUT2D eigenvalue weighted by atomic mass is 10.0. The van der Waals surface area contributed by atoms with Gasteiger partial charge < -0.3 is 4.57 Å². The minimum atomic E-state index is -0.0359. The summed E-state index contributed by atoms with van der Waals surface area (Å²) in [5, 5.41) is 16.4. The van der Waals surface area contributed by atoms with Crippen LogP contribution in [0.15, 0.2) is 6.33 Å². The normalized spacial score (nSPS) is 22.3. The molecule has 0 aliphatic carbocycles. The molecule has 0 aromatic carbocycles. The second-order valence-electron chi connectivity index (χ2n) is 2.71. The van der Waals surface area contributed by atoms with Crippen LogP contribution in [0.3, 0.4) is 0 Å². The van der Waals surface area contributed by atoms with E-state index in [9.17, 15) is 0 Å². The molecule has 0 spiro atoms. The summed E-state index contributed by atoms with van der Waals surface area (Å²) in [5.74, 6) is 0.796. The number of fused-ring (bicyclic) bond motifs is 1. The van der Waals surface area contributed by atoms with Crippen molar-refractivity contribution in [2.45, 2.75) is 25.3 Å². The molecular formula is C7H8N4. The Labute approximate surface area is 64.5 Å². The van der Waals surface area contributed by atoms with Gasteiger partial charge in [-0.05, 0) is 12.8 Å². The van der Waals surface area contributed by atoms with Crippen LogP contribution in [0.2, 0.25) is 0 Å². The van der Waals surface area contributed by atoms with Gasteiger partial charge in [-0.25, -0.2) is 0 Å². The van der Waals surface area contributed by atoms with Crippen LogP contribution in [0.1, 0.15) is 24.6 Å². The van der Waals surface area contributed by atoms with E-state index < -0.39 is 0 Å². The number of aryl methyl sites for hydroxylation is 1. The Morgan fingerprint density at radius 3 is 3.45 bits per heavy atom. The predicted molar refractivity (Wildman–Crippen MR) is 37.6 cm³/mol. The van der Waals surface area contributed by atoms with E-state index in [1.165, 1.54) is 0 Å². The third kappa shape index (κ3) is 0.891. The third-order valence-electron chi connectivity index (χ3n) is 2.00. The number of hydrogen-bond donors (Lipinski definition) is 0. The predicted octanol–water partition coefficient (Wildman–Crippen LogP) is 0.679. The molecule has 4 nitrogen and oxygen atoms in total. The maximum absolute atomic E-state index is 8.73. The summed E-state index contributed by atoms with van der Waals surface area (Å²) < 4.78 is 1.96. The van der Waals surface area contributed by atoms with Gasteiger partial charge in [0.2, 0.25) is 0 Å². The van der Waals surface area contributed by atoms with Crippen LogP contribution in [-0.4, -0.2) is 14.8 Å². The lowest BCUT2D eigenvalue weighted by Crippen LogP contribution is -2.14. The number of rotatable bonds is 0. The average molecular weight is 148 g/mol. The molecule has 0 N–H and O–H groups in total. The molecular weight excluding hydrogens is 140 g/mol. The van der Waals surface area contributed by atoms with Crippen LogP contribution in [0, 0.1) is 11.3 Å². The Balaban J connectivity index is 2.41. The lowest BCUT2D eigenvalue weighted by Gasteiger charge is -2.15. The minimum Gasteiger partial charge on any atom is -0.316 e. The van der Waals surface area contributed by atoms with E-state index in [-0.39, 0.29) is 5.92 Å². The SMILES string of the molecule is N#C[C@H]1CCCn2cnnc21. The molecule has 1 aromatic heterocycles. The fourth-order valence-corrected chi connectivity index (χ4v) is 1.42. The number of nitrogens with zero attached hydrogens (tertiary/aromatic N) is 4. The van der Waals surface area contributed by atoms with Crippen molar-refractivity contribution in [3.63, 3.8) is 0 Å². The fraction of sp³-hybridized carbons (Fsp3) is 0.571. The molecule has 4 heteroatoms. The van der Waals surface area contributed by atoms with Gasteiger partial charge in [-0.15, -0.1) is 10.2 Å². The van der Waals surface area contributed by atoms with Crippen molar-refractivity contribution < 1.29 is 0 Å². The van der Waals surface area contributed by atoms with Gasteiger partial charge >= 0.3 is 0 Å². The molecule has 0 bridgehead atoms. The summed E-state index contributed by atoms with van der Waals surface area (Å²) in [4.78, 5) is 0. The topological polar surface area (TPSA) is 54.5 Å². The molecule has 11 heavy (non-hydrogen) atoms. The molecule has 1 atom stereocenters. The van der Waals surface area contributed by atoms with Gasteiger partial charge in [-0.1, -0.05) is 0 Å². The van der Waals surface area contributed by atoms with Crippen LogP contribution in [0.5, 0.6) is 0 Å². The van der Waals surface area contributed by atoms with Gasteiger partial charge in [-0.3, -0.25) is 0 Å². The van der Waals surface area contributed by atoms with Crippen molar-refractivity contribution in [1.82, 2.24) is 14.8 Å². The van der Waals surface area contributed by atoms with Gasteiger partial charge in [0.15, 0.2) is 0 Å². The standard InChI is InChI=1S/C7H8N4/c8-4-6-2-1-3-11-5-9-10-7(6)11/h5-6H,1-3H2/t6-/m1/s1. The van der Waals surface area contributed by atoms with Gasteiger partial charge in [0.25, 0.3) is 0 Å². The summed E-state index contributed by atoms with van der Waals surface area (Å²) in [6.07, 6.45) is 3.68. The molecule has 1 aliphatic rings. The van der Waals surface area contributed by atoms with E-state index in [0.717, 1.165) is 25.2 Å². The van der Waals surface area contributed by atoms with Crippen LogP contribution >= 0.6 is 0 Å². The van der Waals surface area contributed by atoms with E-state index in [1.807, 2.05) is 4.57 Å². The van der Waals surface area contributed by atoms with Crippen molar-refractivity contribution >= 4 is 0 Å². The first-order chi connectivity index (χ1) is 5.42. The van der Waals surface area contributed by atoms with E-state index in [4.69, 9.17) is 5.26 Å². The molecule has 0 unspecified atom stereocenters. The summed E-state index contributed by atoms with van der Waals surface area (Å²) in [5.41, 5.74) is 0. The Kier molecular flexibility index (Phi) is 1.35. The molecule has 2 rings (SSSR count). The van der Waals surface area contributed by atoms with E-state index >= 15 is 0 Å². The summed E-state index contributed by atoms with van der Waals surface area (Å²) in [6, 6.07) is 2.22. The second kappa shape index (κ2) is 2.35. The Hall–Kier alpha value is -1.37. The summed E-state index contributed by atoms with van der Waals surface area (Å²) >= 11 is 0. The third-order valence-corrected chi connectivity index (χ3v) is 2.00. The fourth-order valence-electron chi connectivity index (χ4n) is 1.42. The van der Waals surface area contributed by atoms with E-state index in [1.54, 1.807) is 6.33 Å². The monoisotopic (exact) mass is 148 g/mol. The number of nitriles is 1. The maximum atomic E-state index is 8.73. The lowest BCUT2D eigenvalue weighted by molar-refractivity contribution is 0.492. The largest absolute Gasteiger partial charge is 0.316 e. The summed E-state index contributed by atoms with van der Waals surface area (Å²) in [7, 11) is 0. The van der Waals surface area contributed by atoms with Crippen LogP contribution in [0.25, 0.3) is 0 Å². The van der Waals surface area contributed by atoms with Crippen molar-refractivity contribution in [2.75, 3.05) is 0 Å². The van der Waals surface area contributed by atoms with Gasteiger partial charge in [0, 0.05) is 6.54 Å². The Morgan fingerprint density at radius 2 is 2.64 bits per heavy atom. The van der Waals surface area contributed by atoms with Crippen LogP contribution in [-0.2, 0) is 6.54 Å². The highest BCUT2D eigenvalue weighted by molar-refractivity contribution is 5.09.